The molecule has 94 valence electrons. The van der Waals surface area contributed by atoms with E-state index in [4.69, 9.17) is 0 Å². The molecule has 0 aliphatic rings. The van der Waals surface area contributed by atoms with Crippen LogP contribution in [0.4, 0.5) is 5.69 Å². The van der Waals surface area contributed by atoms with Gasteiger partial charge in [-0.2, -0.15) is 10.2 Å². The second kappa shape index (κ2) is 5.06. The maximum atomic E-state index is 4.21. The molecule has 0 saturated heterocycles. The molecule has 0 atom stereocenters. The molecule has 19 heavy (non-hydrogen) atoms. The maximum absolute atomic E-state index is 4.21. The molecule has 1 N–H and O–H groups in total. The third-order valence-corrected chi connectivity index (χ3v) is 3.16. The van der Waals surface area contributed by atoms with Gasteiger partial charge in [-0.25, -0.2) is 0 Å². The van der Waals surface area contributed by atoms with Gasteiger partial charge in [-0.1, -0.05) is 48.5 Å². The molecule has 0 amide bonds. The summed E-state index contributed by atoms with van der Waals surface area (Å²) in [5.41, 5.74) is 4.16. The molecule has 0 aliphatic carbocycles. The number of fused-ring (bicyclic) bond motifs is 1. The molecule has 3 aromatic rings. The van der Waals surface area contributed by atoms with Gasteiger partial charge >= 0.3 is 0 Å². The SMILES string of the molecule is Cc1nnc2ccccc2c1NCc1ccccc1. The Morgan fingerprint density at radius 3 is 2.47 bits per heavy atom. The minimum atomic E-state index is 0.789. The molecular weight excluding hydrogens is 234 g/mol. The van der Waals surface area contributed by atoms with Crippen molar-refractivity contribution in [3.8, 4) is 0 Å². The van der Waals surface area contributed by atoms with Crippen LogP contribution in [-0.2, 0) is 6.54 Å². The molecule has 0 unspecified atom stereocenters. The van der Waals surface area contributed by atoms with Crippen LogP contribution >= 0.6 is 0 Å². The van der Waals surface area contributed by atoms with E-state index in [1.807, 2.05) is 43.3 Å². The summed E-state index contributed by atoms with van der Waals surface area (Å²) >= 11 is 0. The van der Waals surface area contributed by atoms with Crippen LogP contribution in [0.15, 0.2) is 54.6 Å². The molecule has 0 radical (unpaired) electrons. The van der Waals surface area contributed by atoms with Gasteiger partial charge in [-0.3, -0.25) is 0 Å². The van der Waals surface area contributed by atoms with Crippen molar-refractivity contribution in [2.24, 2.45) is 0 Å². The second-order valence-corrected chi connectivity index (χ2v) is 4.52. The van der Waals surface area contributed by atoms with E-state index >= 15 is 0 Å². The van der Waals surface area contributed by atoms with Gasteiger partial charge in [0.05, 0.1) is 16.9 Å². The highest BCUT2D eigenvalue weighted by molar-refractivity contribution is 5.91. The van der Waals surface area contributed by atoms with Crippen molar-refractivity contribution in [3.63, 3.8) is 0 Å². The lowest BCUT2D eigenvalue weighted by molar-refractivity contribution is 1.01. The molecule has 0 spiro atoms. The van der Waals surface area contributed by atoms with Crippen LogP contribution in [0.5, 0.6) is 0 Å². The van der Waals surface area contributed by atoms with Crippen LogP contribution < -0.4 is 5.32 Å². The summed E-state index contributed by atoms with van der Waals surface area (Å²) in [6, 6.07) is 18.4. The fourth-order valence-corrected chi connectivity index (χ4v) is 2.16. The normalized spacial score (nSPS) is 10.6. The number of benzene rings is 2. The van der Waals surface area contributed by atoms with Crippen molar-refractivity contribution in [3.05, 3.63) is 65.9 Å². The van der Waals surface area contributed by atoms with Crippen molar-refractivity contribution < 1.29 is 0 Å². The van der Waals surface area contributed by atoms with Gasteiger partial charge < -0.3 is 5.32 Å². The lowest BCUT2D eigenvalue weighted by atomic mass is 10.1. The van der Waals surface area contributed by atoms with Gasteiger partial charge in [0.1, 0.15) is 0 Å². The first-order valence-electron chi connectivity index (χ1n) is 6.34. The zero-order valence-corrected chi connectivity index (χ0v) is 10.8. The lowest BCUT2D eigenvalue weighted by Crippen LogP contribution is -2.04. The van der Waals surface area contributed by atoms with Crippen LogP contribution in [0.25, 0.3) is 10.9 Å². The summed E-state index contributed by atoms with van der Waals surface area (Å²) in [4.78, 5) is 0. The average Bonchev–Trinajstić information content (AvgIpc) is 2.47. The summed E-state index contributed by atoms with van der Waals surface area (Å²) in [5, 5.41) is 13.0. The van der Waals surface area contributed by atoms with E-state index in [0.29, 0.717) is 0 Å². The predicted octanol–water partition coefficient (Wildman–Crippen LogP) is 3.55. The fraction of sp³-hybridized carbons (Fsp3) is 0.125. The Balaban J connectivity index is 1.94. The number of nitrogens with zero attached hydrogens (tertiary/aromatic N) is 2. The fourth-order valence-electron chi connectivity index (χ4n) is 2.16. The predicted molar refractivity (Wildman–Crippen MR) is 78.0 cm³/mol. The summed E-state index contributed by atoms with van der Waals surface area (Å²) in [6.07, 6.45) is 0. The number of aryl methyl sites for hydroxylation is 1. The van der Waals surface area contributed by atoms with E-state index < -0.39 is 0 Å². The van der Waals surface area contributed by atoms with Crippen molar-refractivity contribution in [1.82, 2.24) is 10.2 Å². The van der Waals surface area contributed by atoms with E-state index in [0.717, 1.165) is 28.8 Å². The Hall–Kier alpha value is -2.42. The number of rotatable bonds is 3. The molecule has 3 heteroatoms. The summed E-state index contributed by atoms with van der Waals surface area (Å²) in [7, 11) is 0. The highest BCUT2D eigenvalue weighted by atomic mass is 15.1. The van der Waals surface area contributed by atoms with Gasteiger partial charge in [0.2, 0.25) is 0 Å². The van der Waals surface area contributed by atoms with Crippen molar-refractivity contribution in [2.45, 2.75) is 13.5 Å². The van der Waals surface area contributed by atoms with Crippen LogP contribution in [0.2, 0.25) is 0 Å². The Morgan fingerprint density at radius 1 is 0.895 bits per heavy atom. The second-order valence-electron chi connectivity index (χ2n) is 4.52. The number of hydrogen-bond acceptors (Lipinski definition) is 3. The Labute approximate surface area is 112 Å². The Kier molecular flexibility index (Phi) is 3.11. The van der Waals surface area contributed by atoms with Crippen molar-refractivity contribution in [2.75, 3.05) is 5.32 Å². The van der Waals surface area contributed by atoms with E-state index in [2.05, 4.69) is 33.7 Å². The first-order chi connectivity index (χ1) is 9.34. The van der Waals surface area contributed by atoms with Crippen molar-refractivity contribution in [1.29, 1.82) is 0 Å². The van der Waals surface area contributed by atoms with Gasteiger partial charge in [-0.15, -0.1) is 0 Å². The van der Waals surface area contributed by atoms with Crippen LogP contribution in [0.1, 0.15) is 11.3 Å². The van der Waals surface area contributed by atoms with Crippen LogP contribution in [0, 0.1) is 6.92 Å². The summed E-state index contributed by atoms with van der Waals surface area (Å²) < 4.78 is 0. The van der Waals surface area contributed by atoms with E-state index in [1.165, 1.54) is 5.56 Å². The van der Waals surface area contributed by atoms with Gasteiger partial charge in [-0.05, 0) is 18.6 Å². The number of nitrogens with one attached hydrogen (secondary N) is 1. The molecule has 2 aromatic carbocycles. The highest BCUT2D eigenvalue weighted by Crippen LogP contribution is 2.24. The minimum Gasteiger partial charge on any atom is -0.379 e. The number of hydrogen-bond donors (Lipinski definition) is 1. The van der Waals surface area contributed by atoms with Crippen LogP contribution in [0.3, 0.4) is 0 Å². The smallest absolute Gasteiger partial charge is 0.0950 e. The average molecular weight is 249 g/mol. The third kappa shape index (κ3) is 2.40. The topological polar surface area (TPSA) is 37.8 Å². The Morgan fingerprint density at radius 2 is 1.63 bits per heavy atom. The molecule has 0 bridgehead atoms. The van der Waals surface area contributed by atoms with Gasteiger partial charge in [0.15, 0.2) is 0 Å². The number of anilines is 1. The quantitative estimate of drug-likeness (QED) is 0.771. The Bertz CT molecular complexity index is 693. The van der Waals surface area contributed by atoms with Gasteiger partial charge in [0.25, 0.3) is 0 Å². The molecule has 1 aromatic heterocycles. The van der Waals surface area contributed by atoms with Gasteiger partial charge in [0, 0.05) is 11.9 Å². The van der Waals surface area contributed by atoms with E-state index in [-0.39, 0.29) is 0 Å². The lowest BCUT2D eigenvalue weighted by Gasteiger charge is -2.11. The maximum Gasteiger partial charge on any atom is 0.0950 e. The highest BCUT2D eigenvalue weighted by Gasteiger charge is 2.06. The molecule has 0 fully saturated rings. The molecule has 3 rings (SSSR count). The molecular formula is C16H15N3. The summed E-state index contributed by atoms with van der Waals surface area (Å²) in [5.74, 6) is 0. The molecule has 0 aliphatic heterocycles. The van der Waals surface area contributed by atoms with E-state index in [1.54, 1.807) is 0 Å². The zero-order chi connectivity index (χ0) is 13.1. The van der Waals surface area contributed by atoms with E-state index in [9.17, 15) is 0 Å². The first-order valence-corrected chi connectivity index (χ1v) is 6.34. The van der Waals surface area contributed by atoms with Crippen LogP contribution in [-0.4, -0.2) is 10.2 Å². The third-order valence-electron chi connectivity index (χ3n) is 3.16. The largest absolute Gasteiger partial charge is 0.379 e. The monoisotopic (exact) mass is 249 g/mol. The molecule has 3 nitrogen and oxygen atoms in total. The minimum absolute atomic E-state index is 0.789. The molecule has 0 saturated carbocycles. The standard InChI is InChI=1S/C16H15N3/c1-12-16(17-11-13-7-3-2-4-8-13)14-9-5-6-10-15(14)19-18-12/h2-10H,11H2,1H3,(H,17,19). The number of aromatic nitrogens is 2. The zero-order valence-electron chi connectivity index (χ0n) is 10.8. The first kappa shape index (κ1) is 11.7. The summed E-state index contributed by atoms with van der Waals surface area (Å²) in [6.45, 7) is 2.77. The molecule has 1 heterocycles. The van der Waals surface area contributed by atoms with Crippen molar-refractivity contribution >= 4 is 16.6 Å².